The number of thiazole rings is 1. The van der Waals surface area contributed by atoms with Gasteiger partial charge in [-0.2, -0.15) is 0 Å². The van der Waals surface area contributed by atoms with E-state index in [2.05, 4.69) is 16.4 Å². The molecule has 1 heterocycles. The minimum atomic E-state index is -0.0315. The first-order valence-corrected chi connectivity index (χ1v) is 9.45. The monoisotopic (exact) mass is 362 g/mol. The molecule has 1 aromatic heterocycles. The lowest BCUT2D eigenvalue weighted by Gasteiger charge is -2.06. The van der Waals surface area contributed by atoms with Gasteiger partial charge in [-0.1, -0.05) is 29.8 Å². The Bertz CT molecular complexity index is 814. The molecule has 0 aliphatic heterocycles. The molecule has 1 amide bonds. The summed E-state index contributed by atoms with van der Waals surface area (Å²) in [5, 5.41) is 4.56. The van der Waals surface area contributed by atoms with Gasteiger partial charge in [-0.05, 0) is 36.8 Å². The van der Waals surface area contributed by atoms with Crippen molar-refractivity contribution in [2.45, 2.75) is 12.7 Å². The van der Waals surface area contributed by atoms with E-state index >= 15 is 0 Å². The van der Waals surface area contributed by atoms with Gasteiger partial charge in [0, 0.05) is 16.5 Å². The van der Waals surface area contributed by atoms with Crippen LogP contribution in [0.4, 0.5) is 5.69 Å². The van der Waals surface area contributed by atoms with Crippen LogP contribution >= 0.6 is 34.7 Å². The molecule has 6 heteroatoms. The van der Waals surface area contributed by atoms with Crippen LogP contribution in [0.25, 0.3) is 10.2 Å². The maximum atomic E-state index is 12.0. The summed E-state index contributed by atoms with van der Waals surface area (Å²) in [6, 6.07) is 13.6. The molecule has 3 rings (SSSR count). The second-order valence-corrected chi connectivity index (χ2v) is 7.59. The molecule has 0 saturated carbocycles. The van der Waals surface area contributed by atoms with E-state index in [-0.39, 0.29) is 5.91 Å². The summed E-state index contributed by atoms with van der Waals surface area (Å²) in [6.07, 6.45) is 0. The second-order valence-electron chi connectivity index (χ2n) is 5.08. The molecular weight excluding hydrogens is 348 g/mol. The standard InChI is InChI=1S/C17H15ClN2OS2/c1-11-6-7-12(8-13(11)18)19-16(21)9-22-10-17-20-14-4-2-3-5-15(14)23-17/h2-8H,9-10H2,1H3,(H,19,21). The molecule has 0 saturated heterocycles. The number of amides is 1. The minimum Gasteiger partial charge on any atom is -0.325 e. The summed E-state index contributed by atoms with van der Waals surface area (Å²) in [4.78, 5) is 16.5. The van der Waals surface area contributed by atoms with Gasteiger partial charge >= 0.3 is 0 Å². The third-order valence-electron chi connectivity index (χ3n) is 3.25. The lowest BCUT2D eigenvalue weighted by atomic mass is 10.2. The number of hydrogen-bond acceptors (Lipinski definition) is 4. The molecule has 0 spiro atoms. The molecule has 3 nitrogen and oxygen atoms in total. The van der Waals surface area contributed by atoms with Gasteiger partial charge < -0.3 is 5.32 Å². The first-order valence-electron chi connectivity index (χ1n) is 7.10. The Labute approximate surface area is 148 Å². The van der Waals surface area contributed by atoms with E-state index in [0.717, 1.165) is 27.5 Å². The van der Waals surface area contributed by atoms with Crippen LogP contribution in [0.1, 0.15) is 10.6 Å². The summed E-state index contributed by atoms with van der Waals surface area (Å²) in [7, 11) is 0. The summed E-state index contributed by atoms with van der Waals surface area (Å²) in [5.74, 6) is 1.10. The molecule has 0 fully saturated rings. The molecular formula is C17H15ClN2OS2. The van der Waals surface area contributed by atoms with E-state index in [1.54, 1.807) is 29.2 Å². The van der Waals surface area contributed by atoms with E-state index in [1.165, 1.54) is 4.70 Å². The highest BCUT2D eigenvalue weighted by molar-refractivity contribution is 7.99. The van der Waals surface area contributed by atoms with Crippen molar-refractivity contribution in [1.82, 2.24) is 4.98 Å². The Morgan fingerprint density at radius 3 is 2.91 bits per heavy atom. The number of aromatic nitrogens is 1. The Hall–Kier alpha value is -1.56. The van der Waals surface area contributed by atoms with Gasteiger partial charge in [0.1, 0.15) is 5.01 Å². The topological polar surface area (TPSA) is 42.0 Å². The van der Waals surface area contributed by atoms with E-state index < -0.39 is 0 Å². The zero-order valence-corrected chi connectivity index (χ0v) is 14.9. The fraction of sp³-hybridized carbons (Fsp3) is 0.176. The predicted molar refractivity (Wildman–Crippen MR) is 101 cm³/mol. The van der Waals surface area contributed by atoms with E-state index in [9.17, 15) is 4.79 Å². The van der Waals surface area contributed by atoms with Gasteiger partial charge in [0.15, 0.2) is 0 Å². The first-order chi connectivity index (χ1) is 11.1. The number of rotatable bonds is 5. The average Bonchev–Trinajstić information content (AvgIpc) is 2.93. The maximum Gasteiger partial charge on any atom is 0.234 e. The maximum absolute atomic E-state index is 12.0. The molecule has 0 aliphatic carbocycles. The zero-order valence-electron chi connectivity index (χ0n) is 12.5. The lowest BCUT2D eigenvalue weighted by Crippen LogP contribution is -2.14. The Kier molecular flexibility index (Phi) is 5.20. The van der Waals surface area contributed by atoms with Gasteiger partial charge in [0.25, 0.3) is 0 Å². The van der Waals surface area contributed by atoms with Crippen LogP contribution in [0.2, 0.25) is 5.02 Å². The van der Waals surface area contributed by atoms with Crippen LogP contribution in [-0.4, -0.2) is 16.6 Å². The van der Waals surface area contributed by atoms with Crippen molar-refractivity contribution in [1.29, 1.82) is 0 Å². The SMILES string of the molecule is Cc1ccc(NC(=O)CSCc2nc3ccccc3s2)cc1Cl. The summed E-state index contributed by atoms with van der Waals surface area (Å²) >= 11 is 9.29. The Morgan fingerprint density at radius 1 is 1.30 bits per heavy atom. The van der Waals surface area contributed by atoms with Gasteiger partial charge in [-0.15, -0.1) is 23.1 Å². The van der Waals surface area contributed by atoms with Crippen LogP contribution in [-0.2, 0) is 10.5 Å². The summed E-state index contributed by atoms with van der Waals surface area (Å²) in [6.45, 7) is 1.93. The largest absolute Gasteiger partial charge is 0.325 e. The molecule has 0 atom stereocenters. The van der Waals surface area contributed by atoms with Crippen molar-refractivity contribution >= 4 is 56.5 Å². The Balaban J connectivity index is 1.51. The van der Waals surface area contributed by atoms with Crippen molar-refractivity contribution in [2.75, 3.05) is 11.1 Å². The molecule has 0 bridgehead atoms. The van der Waals surface area contributed by atoms with Crippen molar-refractivity contribution in [3.8, 4) is 0 Å². The number of nitrogens with one attached hydrogen (secondary N) is 1. The number of carbonyl (C=O) groups excluding carboxylic acids is 1. The lowest BCUT2D eigenvalue weighted by molar-refractivity contribution is -0.113. The zero-order chi connectivity index (χ0) is 16.2. The number of anilines is 1. The van der Waals surface area contributed by atoms with Crippen LogP contribution in [0, 0.1) is 6.92 Å². The van der Waals surface area contributed by atoms with E-state index in [0.29, 0.717) is 10.8 Å². The van der Waals surface area contributed by atoms with Gasteiger partial charge in [-0.3, -0.25) is 4.79 Å². The van der Waals surface area contributed by atoms with E-state index in [1.807, 2.05) is 37.3 Å². The number of benzene rings is 2. The molecule has 23 heavy (non-hydrogen) atoms. The van der Waals surface area contributed by atoms with Crippen molar-refractivity contribution in [3.63, 3.8) is 0 Å². The van der Waals surface area contributed by atoms with E-state index in [4.69, 9.17) is 11.6 Å². The highest BCUT2D eigenvalue weighted by atomic mass is 35.5. The first kappa shape index (κ1) is 16.3. The van der Waals surface area contributed by atoms with Crippen LogP contribution in [0.3, 0.4) is 0 Å². The van der Waals surface area contributed by atoms with Gasteiger partial charge in [0.2, 0.25) is 5.91 Å². The molecule has 1 N–H and O–H groups in total. The highest BCUT2D eigenvalue weighted by Crippen LogP contribution is 2.25. The number of aryl methyl sites for hydroxylation is 1. The normalized spacial score (nSPS) is 10.9. The summed E-state index contributed by atoms with van der Waals surface area (Å²) < 4.78 is 1.18. The molecule has 3 aromatic rings. The van der Waals surface area contributed by atoms with Crippen LogP contribution in [0.5, 0.6) is 0 Å². The molecule has 0 radical (unpaired) electrons. The highest BCUT2D eigenvalue weighted by Gasteiger charge is 2.07. The number of thioether (sulfide) groups is 1. The number of fused-ring (bicyclic) bond motifs is 1. The molecule has 0 aliphatic rings. The second kappa shape index (κ2) is 7.34. The van der Waals surface area contributed by atoms with Gasteiger partial charge in [0.05, 0.1) is 16.0 Å². The third kappa shape index (κ3) is 4.25. The van der Waals surface area contributed by atoms with Crippen molar-refractivity contribution in [2.24, 2.45) is 0 Å². The summed E-state index contributed by atoms with van der Waals surface area (Å²) in [5.41, 5.74) is 2.74. The van der Waals surface area contributed by atoms with Crippen molar-refractivity contribution in [3.05, 3.63) is 58.1 Å². The number of nitrogens with zero attached hydrogens (tertiary/aromatic N) is 1. The molecule has 2 aromatic carbocycles. The quantitative estimate of drug-likeness (QED) is 0.684. The minimum absolute atomic E-state index is 0.0315. The Morgan fingerprint density at radius 2 is 2.13 bits per heavy atom. The predicted octanol–water partition coefficient (Wildman–Crippen LogP) is 5.13. The third-order valence-corrected chi connectivity index (χ3v) is 5.82. The smallest absolute Gasteiger partial charge is 0.234 e. The number of hydrogen-bond donors (Lipinski definition) is 1. The number of halogens is 1. The molecule has 118 valence electrons. The molecule has 0 unspecified atom stereocenters. The average molecular weight is 363 g/mol. The fourth-order valence-electron chi connectivity index (χ4n) is 2.08. The van der Waals surface area contributed by atoms with Crippen LogP contribution in [0.15, 0.2) is 42.5 Å². The van der Waals surface area contributed by atoms with Crippen LogP contribution < -0.4 is 5.32 Å². The number of carbonyl (C=O) groups is 1. The fourth-order valence-corrected chi connectivity index (χ4v) is 4.11. The van der Waals surface area contributed by atoms with Crippen molar-refractivity contribution < 1.29 is 4.79 Å². The number of para-hydroxylation sites is 1. The van der Waals surface area contributed by atoms with Gasteiger partial charge in [-0.25, -0.2) is 4.98 Å².